The fraction of sp³-hybridized carbons (Fsp3) is 0. The first kappa shape index (κ1) is 7.67. The molecule has 0 spiro atoms. The monoisotopic (exact) mass is 175 g/mol. The number of carboxylic acids is 1. The van der Waals surface area contributed by atoms with Gasteiger partial charge in [0.2, 0.25) is 5.52 Å². The van der Waals surface area contributed by atoms with Crippen LogP contribution in [0.15, 0.2) is 30.6 Å². The lowest BCUT2D eigenvalue weighted by atomic mass is 10.2. The van der Waals surface area contributed by atoms with Crippen molar-refractivity contribution in [2.45, 2.75) is 0 Å². The third kappa shape index (κ3) is 1.22. The van der Waals surface area contributed by atoms with Gasteiger partial charge in [-0.05, 0) is 12.1 Å². The Morgan fingerprint density at radius 2 is 2.31 bits per heavy atom. The third-order valence-corrected chi connectivity index (χ3v) is 1.79. The molecule has 0 atom stereocenters. The number of hydrogen-bond acceptors (Lipinski definition) is 2. The number of aromatic carboxylic acids is 1. The predicted molar refractivity (Wildman–Crippen MR) is 45.3 cm³/mol. The molecule has 0 amide bonds. The van der Waals surface area contributed by atoms with Gasteiger partial charge in [0, 0.05) is 12.3 Å². The van der Waals surface area contributed by atoms with Gasteiger partial charge in [-0.3, -0.25) is 0 Å². The molecule has 0 aromatic carbocycles. The standard InChI is InChI=1S/C9H6N2O2/c12-9(13)6-3-5-10-7-2-1-4-11-8(6)7/h1-5H,(H,12,13)/p+1. The van der Waals surface area contributed by atoms with E-state index in [1.807, 2.05) is 0 Å². The highest BCUT2D eigenvalue weighted by atomic mass is 16.4. The van der Waals surface area contributed by atoms with Gasteiger partial charge in [-0.1, -0.05) is 0 Å². The van der Waals surface area contributed by atoms with Gasteiger partial charge in [-0.15, -0.1) is 0 Å². The number of nitrogens with one attached hydrogen (secondary N) is 1. The second kappa shape index (κ2) is 2.82. The van der Waals surface area contributed by atoms with Crippen LogP contribution in [0.5, 0.6) is 0 Å². The minimum absolute atomic E-state index is 0.241. The SMILES string of the molecule is O=C(O)c1ccnc2ccc[nH+]c12. The molecule has 0 saturated heterocycles. The minimum Gasteiger partial charge on any atom is -0.477 e. The van der Waals surface area contributed by atoms with Crippen molar-refractivity contribution in [2.75, 3.05) is 0 Å². The number of nitrogens with zero attached hydrogens (tertiary/aromatic N) is 1. The maximum Gasteiger partial charge on any atom is 0.342 e. The zero-order valence-electron chi connectivity index (χ0n) is 6.69. The quantitative estimate of drug-likeness (QED) is 0.695. The highest BCUT2D eigenvalue weighted by molar-refractivity contribution is 5.98. The van der Waals surface area contributed by atoms with Crippen molar-refractivity contribution in [1.29, 1.82) is 0 Å². The summed E-state index contributed by atoms with van der Waals surface area (Å²) in [6.07, 6.45) is 3.16. The summed E-state index contributed by atoms with van der Waals surface area (Å²) in [5, 5.41) is 8.84. The first-order valence-corrected chi connectivity index (χ1v) is 3.78. The number of pyridine rings is 2. The van der Waals surface area contributed by atoms with Gasteiger partial charge in [-0.2, -0.15) is 0 Å². The summed E-state index contributed by atoms with van der Waals surface area (Å²) in [4.78, 5) is 17.7. The first-order chi connectivity index (χ1) is 6.29. The zero-order valence-corrected chi connectivity index (χ0v) is 6.69. The first-order valence-electron chi connectivity index (χ1n) is 3.78. The molecule has 0 radical (unpaired) electrons. The van der Waals surface area contributed by atoms with Crippen molar-refractivity contribution in [2.24, 2.45) is 0 Å². The van der Waals surface area contributed by atoms with Crippen molar-refractivity contribution in [1.82, 2.24) is 4.98 Å². The average molecular weight is 175 g/mol. The molecule has 2 heterocycles. The molecule has 13 heavy (non-hydrogen) atoms. The third-order valence-electron chi connectivity index (χ3n) is 1.79. The van der Waals surface area contributed by atoms with Crippen LogP contribution in [0.3, 0.4) is 0 Å². The lowest BCUT2D eigenvalue weighted by Crippen LogP contribution is -2.09. The largest absolute Gasteiger partial charge is 0.477 e. The maximum absolute atomic E-state index is 10.8. The normalized spacial score (nSPS) is 10.2. The van der Waals surface area contributed by atoms with Gasteiger partial charge in [0.05, 0.1) is 0 Å². The van der Waals surface area contributed by atoms with Crippen LogP contribution in [0.25, 0.3) is 11.0 Å². The molecule has 2 aromatic rings. The van der Waals surface area contributed by atoms with Gasteiger partial charge in [-0.25, -0.2) is 14.8 Å². The van der Waals surface area contributed by atoms with Crippen molar-refractivity contribution in [3.05, 3.63) is 36.2 Å². The molecule has 0 aliphatic rings. The second-order valence-corrected chi connectivity index (χ2v) is 2.59. The van der Waals surface area contributed by atoms with Crippen LogP contribution >= 0.6 is 0 Å². The van der Waals surface area contributed by atoms with Crippen LogP contribution < -0.4 is 4.98 Å². The van der Waals surface area contributed by atoms with Crippen molar-refractivity contribution in [3.8, 4) is 0 Å². The highest BCUT2D eigenvalue weighted by Gasteiger charge is 2.13. The number of carbonyl (C=O) groups is 1. The molecular formula is C9H7N2O2+. The van der Waals surface area contributed by atoms with Crippen LogP contribution in [0.2, 0.25) is 0 Å². The summed E-state index contributed by atoms with van der Waals surface area (Å²) in [6.45, 7) is 0. The number of aromatic nitrogens is 2. The molecule has 2 aromatic heterocycles. The van der Waals surface area contributed by atoms with Gasteiger partial charge in [0.15, 0.2) is 6.20 Å². The lowest BCUT2D eigenvalue weighted by molar-refractivity contribution is -0.344. The van der Waals surface area contributed by atoms with E-state index < -0.39 is 5.97 Å². The van der Waals surface area contributed by atoms with E-state index in [-0.39, 0.29) is 5.56 Å². The fourth-order valence-corrected chi connectivity index (χ4v) is 1.20. The number of carboxylic acid groups (broad SMARTS) is 1. The van der Waals surface area contributed by atoms with E-state index in [4.69, 9.17) is 5.11 Å². The number of aromatic amines is 1. The van der Waals surface area contributed by atoms with E-state index in [0.717, 1.165) is 0 Å². The Balaban J connectivity index is 2.83. The van der Waals surface area contributed by atoms with E-state index >= 15 is 0 Å². The smallest absolute Gasteiger partial charge is 0.342 e. The van der Waals surface area contributed by atoms with E-state index in [1.165, 1.54) is 12.3 Å². The maximum atomic E-state index is 10.8. The molecule has 0 aliphatic carbocycles. The van der Waals surface area contributed by atoms with E-state index in [0.29, 0.717) is 11.0 Å². The fourth-order valence-electron chi connectivity index (χ4n) is 1.20. The topological polar surface area (TPSA) is 64.3 Å². The van der Waals surface area contributed by atoms with Gasteiger partial charge < -0.3 is 5.11 Å². The summed E-state index contributed by atoms with van der Waals surface area (Å²) in [6, 6.07) is 5.01. The lowest BCUT2D eigenvalue weighted by Gasteiger charge is -1.93. The summed E-state index contributed by atoms with van der Waals surface area (Å²) in [5.41, 5.74) is 1.45. The molecule has 64 valence electrons. The summed E-state index contributed by atoms with van der Waals surface area (Å²) in [5.74, 6) is -0.949. The van der Waals surface area contributed by atoms with Crippen molar-refractivity contribution >= 4 is 17.0 Å². The Morgan fingerprint density at radius 1 is 1.46 bits per heavy atom. The summed E-state index contributed by atoms with van der Waals surface area (Å²) >= 11 is 0. The molecule has 4 heteroatoms. The molecule has 2 N–H and O–H groups in total. The van der Waals surface area contributed by atoms with Crippen molar-refractivity contribution in [3.63, 3.8) is 0 Å². The highest BCUT2D eigenvalue weighted by Crippen LogP contribution is 2.09. The molecule has 0 fully saturated rings. The Labute approximate surface area is 73.9 Å². The molecule has 4 nitrogen and oxygen atoms in total. The predicted octanol–water partition coefficient (Wildman–Crippen LogP) is 0.747. The molecule has 0 saturated carbocycles. The van der Waals surface area contributed by atoms with Gasteiger partial charge >= 0.3 is 5.97 Å². The average Bonchev–Trinajstić information content (AvgIpc) is 2.17. The Hall–Kier alpha value is -1.97. The number of hydrogen-bond donors (Lipinski definition) is 1. The molecular weight excluding hydrogens is 168 g/mol. The van der Waals surface area contributed by atoms with Crippen LogP contribution in [0.4, 0.5) is 0 Å². The van der Waals surface area contributed by atoms with Crippen LogP contribution in [-0.2, 0) is 0 Å². The number of fused-ring (bicyclic) bond motifs is 1. The van der Waals surface area contributed by atoms with E-state index in [2.05, 4.69) is 9.97 Å². The molecule has 0 bridgehead atoms. The van der Waals surface area contributed by atoms with Gasteiger partial charge in [0.1, 0.15) is 11.1 Å². The number of H-pyrrole nitrogens is 1. The van der Waals surface area contributed by atoms with E-state index in [9.17, 15) is 4.79 Å². The Kier molecular flexibility index (Phi) is 1.66. The number of rotatable bonds is 1. The zero-order chi connectivity index (χ0) is 9.26. The second-order valence-electron chi connectivity index (χ2n) is 2.59. The van der Waals surface area contributed by atoms with Crippen molar-refractivity contribution < 1.29 is 14.9 Å². The van der Waals surface area contributed by atoms with Crippen LogP contribution in [-0.4, -0.2) is 16.1 Å². The summed E-state index contributed by atoms with van der Waals surface area (Å²) in [7, 11) is 0. The van der Waals surface area contributed by atoms with Crippen LogP contribution in [0.1, 0.15) is 10.4 Å². The van der Waals surface area contributed by atoms with Gasteiger partial charge in [0.25, 0.3) is 0 Å². The summed E-state index contributed by atoms with van der Waals surface area (Å²) < 4.78 is 0. The van der Waals surface area contributed by atoms with E-state index in [1.54, 1.807) is 18.3 Å². The molecule has 0 aliphatic heterocycles. The molecule has 2 rings (SSSR count). The minimum atomic E-state index is -0.949. The van der Waals surface area contributed by atoms with Crippen LogP contribution in [0, 0.1) is 0 Å². The Morgan fingerprint density at radius 3 is 3.08 bits per heavy atom. The Bertz CT molecular complexity index is 463. The molecule has 0 unspecified atom stereocenters.